The molecule has 0 amide bonds. The van der Waals surface area contributed by atoms with Crippen molar-refractivity contribution in [2.24, 2.45) is 4.99 Å². The molecular weight excluding hydrogens is 351 g/mol. The number of rotatable bonds is 10. The third-order valence-corrected chi connectivity index (χ3v) is 3.05. The summed E-state index contributed by atoms with van der Waals surface area (Å²) in [4.78, 5) is 4.32. The van der Waals surface area contributed by atoms with Crippen LogP contribution in [0.3, 0.4) is 0 Å². The van der Waals surface area contributed by atoms with Crippen LogP contribution in [0.5, 0.6) is 11.5 Å². The van der Waals surface area contributed by atoms with Crippen LogP contribution < -0.4 is 20.1 Å². The molecule has 1 aromatic carbocycles. The number of nitrogens with one attached hydrogen (secondary N) is 2. The average Bonchev–Trinajstić information content (AvgIpc) is 2.58. The van der Waals surface area contributed by atoms with Gasteiger partial charge in [0.15, 0.2) is 17.5 Å². The first-order valence-electron chi connectivity index (χ1n) is 8.40. The minimum atomic E-state index is -4.30. The summed E-state index contributed by atoms with van der Waals surface area (Å²) in [7, 11) is 1.56. The largest absolute Gasteiger partial charge is 0.493 e. The van der Waals surface area contributed by atoms with Crippen molar-refractivity contribution < 1.29 is 27.4 Å². The predicted molar refractivity (Wildman–Crippen MR) is 95.3 cm³/mol. The van der Waals surface area contributed by atoms with Crippen LogP contribution in [-0.2, 0) is 4.74 Å². The van der Waals surface area contributed by atoms with Crippen LogP contribution in [0.25, 0.3) is 0 Å². The van der Waals surface area contributed by atoms with Gasteiger partial charge >= 0.3 is 6.18 Å². The maximum absolute atomic E-state index is 12.0. The van der Waals surface area contributed by atoms with Crippen LogP contribution in [0.2, 0.25) is 0 Å². The number of benzene rings is 1. The Morgan fingerprint density at radius 3 is 2.58 bits per heavy atom. The molecule has 0 aliphatic rings. The quantitative estimate of drug-likeness (QED) is 0.372. The summed E-state index contributed by atoms with van der Waals surface area (Å²) in [6.07, 6.45) is -3.91. The van der Waals surface area contributed by atoms with E-state index < -0.39 is 12.8 Å². The van der Waals surface area contributed by atoms with Gasteiger partial charge < -0.3 is 24.8 Å². The lowest BCUT2D eigenvalue weighted by Gasteiger charge is -2.14. The van der Waals surface area contributed by atoms with Gasteiger partial charge in [0, 0.05) is 31.5 Å². The molecule has 2 N–H and O–H groups in total. The maximum atomic E-state index is 12.0. The second kappa shape index (κ2) is 11.5. The predicted octanol–water partition coefficient (Wildman–Crippen LogP) is 3.44. The van der Waals surface area contributed by atoms with E-state index in [1.165, 1.54) is 0 Å². The molecule has 0 bridgehead atoms. The molecule has 0 fully saturated rings. The van der Waals surface area contributed by atoms with Gasteiger partial charge in [0.2, 0.25) is 0 Å². The number of ether oxygens (including phenoxy) is 3. The Morgan fingerprint density at radius 2 is 1.96 bits per heavy atom. The zero-order chi connectivity index (χ0) is 19.4. The molecule has 0 atom stereocenters. The molecular formula is C17H26F3N3O3. The van der Waals surface area contributed by atoms with Crippen LogP contribution in [0.1, 0.15) is 20.3 Å². The minimum Gasteiger partial charge on any atom is -0.493 e. The fourth-order valence-electron chi connectivity index (χ4n) is 2.01. The number of aliphatic imine (C=N–C) groups is 1. The number of methoxy groups -OCH3 is 1. The highest BCUT2D eigenvalue weighted by Gasteiger charge is 2.27. The van der Waals surface area contributed by atoms with Gasteiger partial charge in [0.05, 0.1) is 13.7 Å². The number of anilines is 1. The molecule has 26 heavy (non-hydrogen) atoms. The van der Waals surface area contributed by atoms with Crippen LogP contribution >= 0.6 is 0 Å². The fourth-order valence-corrected chi connectivity index (χ4v) is 2.01. The van der Waals surface area contributed by atoms with E-state index in [1.54, 1.807) is 19.2 Å². The van der Waals surface area contributed by atoms with E-state index in [0.717, 1.165) is 5.69 Å². The van der Waals surface area contributed by atoms with Gasteiger partial charge in [0.1, 0.15) is 6.61 Å². The maximum Gasteiger partial charge on any atom is 0.411 e. The normalized spacial score (nSPS) is 12.0. The highest BCUT2D eigenvalue weighted by Crippen LogP contribution is 2.30. The third-order valence-electron chi connectivity index (χ3n) is 3.05. The molecule has 0 saturated carbocycles. The Morgan fingerprint density at radius 1 is 1.19 bits per heavy atom. The minimum absolute atomic E-state index is 0.000703. The van der Waals surface area contributed by atoms with E-state index in [0.29, 0.717) is 43.6 Å². The number of alkyl halides is 3. The average molecular weight is 377 g/mol. The SMILES string of the molecule is CCNC(=NCCCOCC(F)(F)F)Nc1ccc(OCC)c(OC)c1. The van der Waals surface area contributed by atoms with E-state index in [2.05, 4.69) is 20.4 Å². The number of hydrogen-bond acceptors (Lipinski definition) is 4. The third kappa shape index (κ3) is 8.80. The van der Waals surface area contributed by atoms with Crippen molar-refractivity contribution in [3.63, 3.8) is 0 Å². The molecule has 0 spiro atoms. The number of halogens is 3. The second-order valence-electron chi connectivity index (χ2n) is 5.21. The Hall–Kier alpha value is -2.16. The van der Waals surface area contributed by atoms with E-state index in [-0.39, 0.29) is 6.61 Å². The first-order chi connectivity index (χ1) is 12.4. The van der Waals surface area contributed by atoms with Gasteiger partial charge in [-0.15, -0.1) is 0 Å². The standard InChI is InChI=1S/C17H26F3N3O3/c1-4-21-16(22-9-6-10-25-12-17(18,19)20)23-13-7-8-14(26-5-2)15(11-13)24-3/h7-8,11H,4-6,9-10,12H2,1-3H3,(H2,21,22,23). The molecule has 0 radical (unpaired) electrons. The lowest BCUT2D eigenvalue weighted by atomic mass is 10.2. The molecule has 0 aliphatic heterocycles. The first-order valence-corrected chi connectivity index (χ1v) is 8.40. The first kappa shape index (κ1) is 21.9. The molecule has 6 nitrogen and oxygen atoms in total. The highest BCUT2D eigenvalue weighted by atomic mass is 19.4. The summed E-state index contributed by atoms with van der Waals surface area (Å²) in [6.45, 7) is 4.08. The number of hydrogen-bond donors (Lipinski definition) is 2. The lowest BCUT2D eigenvalue weighted by Crippen LogP contribution is -2.30. The summed E-state index contributed by atoms with van der Waals surface area (Å²) < 4.78 is 51.3. The molecule has 1 aromatic rings. The Kier molecular flexibility index (Phi) is 9.64. The van der Waals surface area contributed by atoms with Crippen molar-refractivity contribution in [3.8, 4) is 11.5 Å². The van der Waals surface area contributed by atoms with Crippen LogP contribution in [0.15, 0.2) is 23.2 Å². The zero-order valence-corrected chi connectivity index (χ0v) is 15.3. The van der Waals surface area contributed by atoms with Crippen molar-refractivity contribution in [1.82, 2.24) is 5.32 Å². The molecule has 0 aliphatic carbocycles. The number of nitrogens with zero attached hydrogens (tertiary/aromatic N) is 1. The Labute approximate surface area is 151 Å². The summed E-state index contributed by atoms with van der Waals surface area (Å²) in [6, 6.07) is 5.40. The van der Waals surface area contributed by atoms with Crippen molar-refractivity contribution >= 4 is 11.6 Å². The Balaban J connectivity index is 2.58. The Bertz CT molecular complexity index is 566. The topological polar surface area (TPSA) is 64.1 Å². The van der Waals surface area contributed by atoms with Crippen molar-refractivity contribution in [2.45, 2.75) is 26.4 Å². The van der Waals surface area contributed by atoms with Crippen LogP contribution in [-0.4, -0.2) is 52.2 Å². The summed E-state index contributed by atoms with van der Waals surface area (Å²) in [5, 5.41) is 6.19. The van der Waals surface area contributed by atoms with Crippen molar-refractivity contribution in [1.29, 1.82) is 0 Å². The van der Waals surface area contributed by atoms with Gasteiger partial charge in [-0.1, -0.05) is 0 Å². The van der Waals surface area contributed by atoms with E-state index >= 15 is 0 Å². The number of guanidine groups is 1. The van der Waals surface area contributed by atoms with Crippen molar-refractivity contribution in [2.75, 3.05) is 45.3 Å². The highest BCUT2D eigenvalue weighted by molar-refractivity contribution is 5.93. The van der Waals surface area contributed by atoms with Crippen LogP contribution in [0.4, 0.5) is 18.9 Å². The van der Waals surface area contributed by atoms with E-state index in [9.17, 15) is 13.2 Å². The molecule has 1 rings (SSSR count). The lowest BCUT2D eigenvalue weighted by molar-refractivity contribution is -0.173. The zero-order valence-electron chi connectivity index (χ0n) is 15.3. The van der Waals surface area contributed by atoms with Crippen molar-refractivity contribution in [3.05, 3.63) is 18.2 Å². The van der Waals surface area contributed by atoms with E-state index in [4.69, 9.17) is 9.47 Å². The molecule has 0 saturated heterocycles. The summed E-state index contributed by atoms with van der Waals surface area (Å²) in [5.41, 5.74) is 0.748. The molecule has 0 unspecified atom stereocenters. The molecule has 0 heterocycles. The fraction of sp³-hybridized carbons (Fsp3) is 0.588. The summed E-state index contributed by atoms with van der Waals surface area (Å²) in [5.74, 6) is 1.76. The van der Waals surface area contributed by atoms with Gasteiger partial charge in [0.25, 0.3) is 0 Å². The van der Waals surface area contributed by atoms with Gasteiger partial charge in [-0.2, -0.15) is 13.2 Å². The molecule has 9 heteroatoms. The molecule has 0 aromatic heterocycles. The van der Waals surface area contributed by atoms with E-state index in [1.807, 2.05) is 19.9 Å². The smallest absolute Gasteiger partial charge is 0.411 e. The van der Waals surface area contributed by atoms with Gasteiger partial charge in [-0.25, -0.2) is 0 Å². The van der Waals surface area contributed by atoms with Gasteiger partial charge in [-0.05, 0) is 32.4 Å². The monoisotopic (exact) mass is 377 g/mol. The van der Waals surface area contributed by atoms with Crippen LogP contribution in [0, 0.1) is 0 Å². The van der Waals surface area contributed by atoms with Gasteiger partial charge in [-0.3, -0.25) is 4.99 Å². The summed E-state index contributed by atoms with van der Waals surface area (Å²) >= 11 is 0. The molecule has 148 valence electrons. The second-order valence-corrected chi connectivity index (χ2v) is 5.21.